The Kier molecular flexibility index (Phi) is 4.31. The summed E-state index contributed by atoms with van der Waals surface area (Å²) in [7, 11) is 0. The van der Waals surface area contributed by atoms with Crippen LogP contribution < -0.4 is 0 Å². The Balaban J connectivity index is 2.30. The molecular weight excluding hydrogens is 218 g/mol. The Morgan fingerprint density at radius 3 is 2.71 bits per heavy atom. The highest BCUT2D eigenvalue weighted by Gasteiger charge is 2.36. The quantitative estimate of drug-likeness (QED) is 0.447. The molecule has 0 aliphatic carbocycles. The van der Waals surface area contributed by atoms with Gasteiger partial charge in [0.15, 0.2) is 11.4 Å². The molecule has 1 heterocycles. The van der Waals surface area contributed by atoms with Crippen LogP contribution in [0.1, 0.15) is 20.3 Å². The molecule has 0 atom stereocenters. The van der Waals surface area contributed by atoms with Gasteiger partial charge in [-0.15, -0.1) is 0 Å². The largest absolute Gasteiger partial charge is 0.410 e. The van der Waals surface area contributed by atoms with Crippen LogP contribution in [-0.4, -0.2) is 34.7 Å². The number of thioether (sulfide) groups is 1. The Morgan fingerprint density at radius 2 is 2.21 bits per heavy atom. The molecule has 0 amide bonds. The van der Waals surface area contributed by atoms with Crippen LogP contribution in [0.4, 0.5) is 0 Å². The number of carbonyl (C=O) groups excluding carboxylic acids is 1. The van der Waals surface area contributed by atoms with Gasteiger partial charge in [-0.2, -0.15) is 24.4 Å². The summed E-state index contributed by atoms with van der Waals surface area (Å²) in [6.45, 7) is 3.53. The van der Waals surface area contributed by atoms with Crippen LogP contribution in [0, 0.1) is 0 Å². The van der Waals surface area contributed by atoms with Crippen molar-refractivity contribution in [2.24, 2.45) is 4.99 Å². The van der Waals surface area contributed by atoms with E-state index in [-0.39, 0.29) is 5.97 Å². The predicted octanol–water partition coefficient (Wildman–Crippen LogP) is 1.77. The number of ether oxygens (including phenoxy) is 1. The molecule has 3 nitrogen and oxygen atoms in total. The van der Waals surface area contributed by atoms with E-state index in [2.05, 4.69) is 17.6 Å². The van der Waals surface area contributed by atoms with Crippen LogP contribution in [-0.2, 0) is 9.53 Å². The van der Waals surface area contributed by atoms with E-state index in [9.17, 15) is 4.79 Å². The van der Waals surface area contributed by atoms with Crippen molar-refractivity contribution in [3.05, 3.63) is 0 Å². The van der Waals surface area contributed by atoms with Crippen molar-refractivity contribution in [1.82, 2.24) is 0 Å². The highest BCUT2D eigenvalue weighted by Crippen LogP contribution is 2.20. The molecular formula is C9H15NO2S2. The summed E-state index contributed by atoms with van der Waals surface area (Å²) in [5.41, 5.74) is -0.677. The summed E-state index contributed by atoms with van der Waals surface area (Å²) in [5, 5.41) is 0. The normalized spacial score (nSPS) is 19.4. The summed E-state index contributed by atoms with van der Waals surface area (Å²) in [6.07, 6.45) is 0.730. The highest BCUT2D eigenvalue weighted by atomic mass is 32.2. The smallest absolute Gasteiger partial charge is 0.340 e. The fraction of sp³-hybridized carbons (Fsp3) is 0.778. The molecule has 80 valence electrons. The molecule has 1 aliphatic heterocycles. The number of cyclic esters (lactones) is 1. The van der Waals surface area contributed by atoms with E-state index in [1.807, 2.05) is 0 Å². The number of aliphatic imine (C=N–C) groups is 1. The molecule has 0 saturated carbocycles. The van der Waals surface area contributed by atoms with Crippen molar-refractivity contribution in [3.8, 4) is 0 Å². The number of thiol groups is 1. The lowest BCUT2D eigenvalue weighted by Gasteiger charge is -2.05. The highest BCUT2D eigenvalue weighted by molar-refractivity contribution is 8.00. The molecule has 0 fully saturated rings. The van der Waals surface area contributed by atoms with E-state index in [4.69, 9.17) is 4.74 Å². The van der Waals surface area contributed by atoms with E-state index in [0.717, 1.165) is 23.7 Å². The van der Waals surface area contributed by atoms with Gasteiger partial charge in [0.05, 0.1) is 0 Å². The van der Waals surface area contributed by atoms with Gasteiger partial charge in [-0.25, -0.2) is 9.79 Å². The van der Waals surface area contributed by atoms with Crippen molar-refractivity contribution in [2.75, 3.05) is 17.3 Å². The maximum absolute atomic E-state index is 11.2. The van der Waals surface area contributed by atoms with Crippen LogP contribution in [0.3, 0.4) is 0 Å². The lowest BCUT2D eigenvalue weighted by molar-refractivity contribution is -0.137. The second-order valence-corrected chi connectivity index (χ2v) is 5.21. The fourth-order valence-corrected chi connectivity index (χ4v) is 2.08. The first kappa shape index (κ1) is 11.9. The van der Waals surface area contributed by atoms with Crippen LogP contribution in [0.25, 0.3) is 0 Å². The monoisotopic (exact) mass is 233 g/mol. The van der Waals surface area contributed by atoms with E-state index in [0.29, 0.717) is 5.90 Å². The van der Waals surface area contributed by atoms with Gasteiger partial charge in [-0.3, -0.25) is 0 Å². The molecule has 0 radical (unpaired) electrons. The van der Waals surface area contributed by atoms with E-state index >= 15 is 0 Å². The number of esters is 1. The van der Waals surface area contributed by atoms with Crippen molar-refractivity contribution in [2.45, 2.75) is 25.8 Å². The van der Waals surface area contributed by atoms with Gasteiger partial charge in [0.2, 0.25) is 0 Å². The van der Waals surface area contributed by atoms with Crippen LogP contribution in [0.2, 0.25) is 0 Å². The summed E-state index contributed by atoms with van der Waals surface area (Å²) in [4.78, 5) is 15.5. The Labute approximate surface area is 94.1 Å². The van der Waals surface area contributed by atoms with Crippen molar-refractivity contribution >= 4 is 36.3 Å². The Bertz CT molecular complexity index is 251. The molecule has 0 aromatic carbocycles. The standard InChI is InChI=1S/C9H15NO2S2/c1-9(2)8(11)12-7(10-9)3-5-14-6-4-13/h13H,3-6H2,1-2H3. The number of nitrogens with zero attached hydrogens (tertiary/aromatic N) is 1. The molecule has 0 bridgehead atoms. The topological polar surface area (TPSA) is 38.7 Å². The number of hydrogen-bond acceptors (Lipinski definition) is 5. The number of hydrogen-bond donors (Lipinski definition) is 1. The lowest BCUT2D eigenvalue weighted by Crippen LogP contribution is -2.25. The summed E-state index contributed by atoms with van der Waals surface area (Å²) in [5.74, 6) is 3.16. The second-order valence-electron chi connectivity index (χ2n) is 3.54. The summed E-state index contributed by atoms with van der Waals surface area (Å²) in [6, 6.07) is 0. The minimum atomic E-state index is -0.677. The van der Waals surface area contributed by atoms with Gasteiger partial charge < -0.3 is 4.74 Å². The maximum atomic E-state index is 11.2. The molecule has 0 aromatic rings. The average Bonchev–Trinajstić information content (AvgIpc) is 2.35. The third-order valence-corrected chi connectivity index (χ3v) is 3.32. The zero-order chi connectivity index (χ0) is 10.6. The van der Waals surface area contributed by atoms with Gasteiger partial charge in [0.1, 0.15) is 0 Å². The van der Waals surface area contributed by atoms with Crippen LogP contribution >= 0.6 is 24.4 Å². The molecule has 14 heavy (non-hydrogen) atoms. The molecule has 0 spiro atoms. The Morgan fingerprint density at radius 1 is 1.50 bits per heavy atom. The average molecular weight is 233 g/mol. The van der Waals surface area contributed by atoms with Gasteiger partial charge in [-0.1, -0.05) is 0 Å². The molecule has 1 rings (SSSR count). The number of carbonyl (C=O) groups is 1. The predicted molar refractivity (Wildman–Crippen MR) is 63.4 cm³/mol. The van der Waals surface area contributed by atoms with Gasteiger partial charge >= 0.3 is 5.97 Å². The van der Waals surface area contributed by atoms with Gasteiger partial charge in [0.25, 0.3) is 0 Å². The zero-order valence-electron chi connectivity index (χ0n) is 8.45. The van der Waals surface area contributed by atoms with Gasteiger partial charge in [-0.05, 0) is 19.6 Å². The van der Waals surface area contributed by atoms with Crippen LogP contribution in [0.15, 0.2) is 4.99 Å². The third kappa shape index (κ3) is 3.20. The minimum absolute atomic E-state index is 0.244. The van der Waals surface area contributed by atoms with Crippen molar-refractivity contribution in [3.63, 3.8) is 0 Å². The van der Waals surface area contributed by atoms with Crippen molar-refractivity contribution < 1.29 is 9.53 Å². The minimum Gasteiger partial charge on any atom is -0.410 e. The molecule has 5 heteroatoms. The first-order chi connectivity index (χ1) is 6.56. The molecule has 0 saturated heterocycles. The van der Waals surface area contributed by atoms with Crippen LogP contribution in [0.5, 0.6) is 0 Å². The van der Waals surface area contributed by atoms with E-state index < -0.39 is 5.54 Å². The summed E-state index contributed by atoms with van der Waals surface area (Å²) >= 11 is 5.90. The number of rotatable bonds is 5. The second kappa shape index (κ2) is 5.07. The zero-order valence-corrected chi connectivity index (χ0v) is 10.2. The third-order valence-electron chi connectivity index (χ3n) is 1.81. The SMILES string of the molecule is CC1(C)N=C(CCSCCS)OC1=O. The Hall–Kier alpha value is -0.160. The lowest BCUT2D eigenvalue weighted by atomic mass is 10.1. The molecule has 1 aliphatic rings. The van der Waals surface area contributed by atoms with E-state index in [1.165, 1.54) is 0 Å². The molecule has 0 aromatic heterocycles. The van der Waals surface area contributed by atoms with Gasteiger partial charge in [0, 0.05) is 17.9 Å². The molecule has 0 unspecified atom stereocenters. The first-order valence-electron chi connectivity index (χ1n) is 4.56. The summed E-state index contributed by atoms with van der Waals surface area (Å²) < 4.78 is 5.04. The van der Waals surface area contributed by atoms with E-state index in [1.54, 1.807) is 25.6 Å². The fourth-order valence-electron chi connectivity index (χ4n) is 1.05. The first-order valence-corrected chi connectivity index (χ1v) is 6.34. The maximum Gasteiger partial charge on any atom is 0.340 e. The van der Waals surface area contributed by atoms with Crippen molar-refractivity contribution in [1.29, 1.82) is 0 Å². The molecule has 0 N–H and O–H groups in total.